The van der Waals surface area contributed by atoms with Crippen molar-refractivity contribution in [3.8, 4) is 0 Å². The number of benzene rings is 1. The molecule has 0 aromatic heterocycles. The van der Waals surface area contributed by atoms with Gasteiger partial charge in [0.25, 0.3) is 5.91 Å². The molecule has 0 radical (unpaired) electrons. The molecule has 0 heterocycles. The Kier molecular flexibility index (Phi) is 5.58. The molecular formula is C11H18N6O2. The summed E-state index contributed by atoms with van der Waals surface area (Å²) in [7, 11) is 0. The van der Waals surface area contributed by atoms with Gasteiger partial charge in [-0.2, -0.15) is 0 Å². The number of hydrazine groups is 1. The van der Waals surface area contributed by atoms with Gasteiger partial charge in [-0.25, -0.2) is 10.9 Å². The average molecular weight is 266 g/mol. The zero-order valence-electron chi connectivity index (χ0n) is 10.4. The number of carbonyl (C=O) groups excluding carboxylic acids is 1. The second kappa shape index (κ2) is 7.19. The van der Waals surface area contributed by atoms with Crippen LogP contribution in [0.5, 0.6) is 0 Å². The van der Waals surface area contributed by atoms with E-state index in [1.807, 2.05) is 6.07 Å². The van der Waals surface area contributed by atoms with Crippen LogP contribution in [0.15, 0.2) is 35.5 Å². The summed E-state index contributed by atoms with van der Waals surface area (Å²) in [6.07, 6.45) is 0.246. The summed E-state index contributed by atoms with van der Waals surface area (Å²) >= 11 is 0. The maximum atomic E-state index is 11.9. The van der Waals surface area contributed by atoms with Crippen LogP contribution in [0, 0.1) is 0 Å². The second-order valence-corrected chi connectivity index (χ2v) is 3.79. The summed E-state index contributed by atoms with van der Waals surface area (Å²) in [6.45, 7) is 0.118. The van der Waals surface area contributed by atoms with Gasteiger partial charge < -0.3 is 22.0 Å². The number of anilines is 1. The Hall–Kier alpha value is -2.32. The van der Waals surface area contributed by atoms with Crippen molar-refractivity contribution in [2.45, 2.75) is 12.5 Å². The normalized spacial score (nSPS) is 11.5. The lowest BCUT2D eigenvalue weighted by molar-refractivity contribution is -0.120. The van der Waals surface area contributed by atoms with Gasteiger partial charge in [0, 0.05) is 6.42 Å². The Morgan fingerprint density at radius 3 is 2.53 bits per heavy atom. The highest BCUT2D eigenvalue weighted by Crippen LogP contribution is 2.10. The summed E-state index contributed by atoms with van der Waals surface area (Å²) in [5.41, 5.74) is 16.4. The van der Waals surface area contributed by atoms with Crippen LogP contribution < -0.4 is 28.1 Å². The Balaban J connectivity index is 2.46. The van der Waals surface area contributed by atoms with Crippen LogP contribution in [-0.4, -0.2) is 24.5 Å². The molecule has 1 aromatic rings. The van der Waals surface area contributed by atoms with Gasteiger partial charge in [0.1, 0.15) is 6.61 Å². The van der Waals surface area contributed by atoms with E-state index < -0.39 is 11.9 Å². The van der Waals surface area contributed by atoms with Gasteiger partial charge in [-0.15, -0.1) is 0 Å². The summed E-state index contributed by atoms with van der Waals surface area (Å²) in [6, 6.07) is 8.00. The smallest absolute Gasteiger partial charge is 0.258 e. The maximum absolute atomic E-state index is 11.9. The monoisotopic (exact) mass is 266 g/mol. The molecule has 0 bridgehead atoms. The van der Waals surface area contributed by atoms with Crippen LogP contribution in [0.25, 0.3) is 0 Å². The van der Waals surface area contributed by atoms with Crippen molar-refractivity contribution >= 4 is 17.6 Å². The largest absolute Gasteiger partial charge is 0.393 e. The van der Waals surface area contributed by atoms with Crippen LogP contribution in [0.2, 0.25) is 0 Å². The predicted octanol–water partition coefficient (Wildman–Crippen LogP) is -1.18. The Morgan fingerprint density at radius 2 is 1.95 bits per heavy atom. The molecule has 0 aliphatic heterocycles. The molecule has 0 saturated carbocycles. The lowest BCUT2D eigenvalue weighted by Gasteiger charge is -2.20. The number of nitrogens with two attached hydrogens (primary N) is 4. The summed E-state index contributed by atoms with van der Waals surface area (Å²) < 4.78 is 0. The minimum atomic E-state index is -0.792. The molecule has 8 nitrogen and oxygen atoms in total. The molecule has 0 unspecified atom stereocenters. The lowest BCUT2D eigenvalue weighted by Crippen LogP contribution is -2.48. The average Bonchev–Trinajstić information content (AvgIpc) is 2.42. The molecule has 8 heteroatoms. The molecule has 0 aliphatic carbocycles. The van der Waals surface area contributed by atoms with Crippen molar-refractivity contribution in [2.75, 3.05) is 11.6 Å². The van der Waals surface area contributed by atoms with Gasteiger partial charge in [-0.05, 0) is 17.3 Å². The highest BCUT2D eigenvalue weighted by Gasteiger charge is 2.19. The SMILES string of the molecule is NC(N)=NOCC[C@H](N)C(=O)N(N)c1ccccc1. The predicted molar refractivity (Wildman–Crippen MR) is 72.5 cm³/mol. The third-order valence-electron chi connectivity index (χ3n) is 2.28. The van der Waals surface area contributed by atoms with Crippen LogP contribution in [0.3, 0.4) is 0 Å². The summed E-state index contributed by atoms with van der Waals surface area (Å²) in [4.78, 5) is 16.7. The molecule has 1 atom stereocenters. The first-order valence-corrected chi connectivity index (χ1v) is 5.62. The first-order chi connectivity index (χ1) is 9.02. The molecule has 1 rings (SSSR count). The van der Waals surface area contributed by atoms with Crippen LogP contribution in [0.1, 0.15) is 6.42 Å². The number of guanidine groups is 1. The molecule has 0 aliphatic rings. The van der Waals surface area contributed by atoms with E-state index in [9.17, 15) is 4.79 Å². The van der Waals surface area contributed by atoms with Crippen LogP contribution in [-0.2, 0) is 9.63 Å². The summed E-state index contributed by atoms with van der Waals surface area (Å²) in [5.74, 6) is 5.08. The van der Waals surface area contributed by atoms with E-state index in [1.54, 1.807) is 24.3 Å². The molecule has 0 saturated heterocycles. The maximum Gasteiger partial charge on any atom is 0.258 e. The fraction of sp³-hybridized carbons (Fsp3) is 0.273. The van der Waals surface area contributed by atoms with Crippen LogP contribution >= 0.6 is 0 Å². The standard InChI is InChI=1S/C11H18N6O2/c12-9(6-7-19-16-11(13)14)10(18)17(15)8-4-2-1-3-5-8/h1-5,9H,6-7,12,15H2,(H4,13,14,16)/t9-/m0/s1. The van der Waals surface area contributed by atoms with Gasteiger partial charge >= 0.3 is 0 Å². The number of oxime groups is 1. The van der Waals surface area contributed by atoms with Crippen molar-refractivity contribution in [1.82, 2.24) is 0 Å². The molecule has 19 heavy (non-hydrogen) atoms. The van der Waals surface area contributed by atoms with E-state index in [0.29, 0.717) is 5.69 Å². The zero-order valence-corrected chi connectivity index (χ0v) is 10.4. The third-order valence-corrected chi connectivity index (χ3v) is 2.28. The third kappa shape index (κ3) is 4.82. The number of hydrogen-bond acceptors (Lipinski definition) is 5. The molecule has 1 aromatic carbocycles. The topological polar surface area (TPSA) is 146 Å². The highest BCUT2D eigenvalue weighted by atomic mass is 16.6. The quantitative estimate of drug-likeness (QED) is 0.127. The van der Waals surface area contributed by atoms with Gasteiger partial charge in [0.15, 0.2) is 0 Å². The van der Waals surface area contributed by atoms with Gasteiger partial charge in [-0.3, -0.25) is 4.79 Å². The van der Waals surface area contributed by atoms with Crippen molar-refractivity contribution in [1.29, 1.82) is 0 Å². The molecule has 1 amide bonds. The fourth-order valence-electron chi connectivity index (χ4n) is 1.32. The van der Waals surface area contributed by atoms with E-state index in [-0.39, 0.29) is 19.0 Å². The molecule has 0 spiro atoms. The number of para-hydroxylation sites is 1. The van der Waals surface area contributed by atoms with Crippen molar-refractivity contribution in [2.24, 2.45) is 28.2 Å². The van der Waals surface area contributed by atoms with E-state index in [4.69, 9.17) is 27.9 Å². The Labute approximate surface area is 110 Å². The number of rotatable bonds is 6. The highest BCUT2D eigenvalue weighted by molar-refractivity contribution is 5.95. The molecule has 8 N–H and O–H groups in total. The van der Waals surface area contributed by atoms with Crippen molar-refractivity contribution < 1.29 is 9.63 Å². The molecule has 104 valence electrons. The Morgan fingerprint density at radius 1 is 1.32 bits per heavy atom. The van der Waals surface area contributed by atoms with Gasteiger partial charge in [0.05, 0.1) is 11.7 Å². The minimum absolute atomic E-state index is 0.118. The number of nitrogens with zero attached hydrogens (tertiary/aromatic N) is 2. The second-order valence-electron chi connectivity index (χ2n) is 3.79. The zero-order chi connectivity index (χ0) is 14.3. The van der Waals surface area contributed by atoms with Crippen molar-refractivity contribution in [3.63, 3.8) is 0 Å². The van der Waals surface area contributed by atoms with Gasteiger partial charge in [0.2, 0.25) is 5.96 Å². The fourth-order valence-corrected chi connectivity index (χ4v) is 1.32. The van der Waals surface area contributed by atoms with Gasteiger partial charge in [-0.1, -0.05) is 18.2 Å². The van der Waals surface area contributed by atoms with Crippen LogP contribution in [0.4, 0.5) is 5.69 Å². The van der Waals surface area contributed by atoms with E-state index in [0.717, 1.165) is 5.01 Å². The minimum Gasteiger partial charge on any atom is -0.393 e. The lowest BCUT2D eigenvalue weighted by atomic mass is 10.2. The van der Waals surface area contributed by atoms with E-state index in [1.165, 1.54) is 0 Å². The van der Waals surface area contributed by atoms with E-state index in [2.05, 4.69) is 5.16 Å². The van der Waals surface area contributed by atoms with E-state index >= 15 is 0 Å². The van der Waals surface area contributed by atoms with Crippen molar-refractivity contribution in [3.05, 3.63) is 30.3 Å². The number of amides is 1. The molecular weight excluding hydrogens is 248 g/mol. The molecule has 0 fully saturated rings. The number of carbonyl (C=O) groups is 1. The first-order valence-electron chi connectivity index (χ1n) is 5.62. The first kappa shape index (κ1) is 14.7. The Bertz CT molecular complexity index is 432. The number of hydrogen-bond donors (Lipinski definition) is 4. The summed E-state index contributed by atoms with van der Waals surface area (Å²) in [5, 5.41) is 4.32.